The first-order valence-corrected chi connectivity index (χ1v) is 11.1. The number of aryl methyl sites for hydroxylation is 5. The van der Waals surface area contributed by atoms with E-state index < -0.39 is 5.82 Å². The van der Waals surface area contributed by atoms with Crippen molar-refractivity contribution in [2.24, 2.45) is 7.05 Å². The molecule has 0 N–H and O–H groups in total. The Morgan fingerprint density at radius 3 is 2.10 bits per heavy atom. The zero-order valence-electron chi connectivity index (χ0n) is 19.1. The summed E-state index contributed by atoms with van der Waals surface area (Å²) in [6.45, 7) is 15.7. The summed E-state index contributed by atoms with van der Waals surface area (Å²) in [7, 11) is 2.02. The molecule has 0 bridgehead atoms. The third-order valence-corrected chi connectivity index (χ3v) is 6.82. The average Bonchev–Trinajstić information content (AvgIpc) is 3.25. The normalized spacial score (nSPS) is 14.1. The fourth-order valence-corrected chi connectivity index (χ4v) is 5.22. The minimum Gasteiger partial charge on any atom is -0.235 e. The molecule has 1 aliphatic carbocycles. The van der Waals surface area contributed by atoms with Crippen LogP contribution in [-0.4, -0.2) is 0 Å². The number of halogens is 1. The molecule has 3 heteroatoms. The fourth-order valence-electron chi connectivity index (χ4n) is 5.22. The van der Waals surface area contributed by atoms with E-state index in [0.717, 1.165) is 16.8 Å². The summed E-state index contributed by atoms with van der Waals surface area (Å²) in [4.78, 5) is 3.34. The monoisotopic (exact) mass is 413 g/mol. The molecule has 4 rings (SSSR count). The van der Waals surface area contributed by atoms with Crippen LogP contribution in [0, 0.1) is 40.1 Å². The molecular formula is C28H30FN2+. The minimum absolute atomic E-state index is 0.0662. The van der Waals surface area contributed by atoms with Gasteiger partial charge in [-0.2, -0.15) is 0 Å². The first-order chi connectivity index (χ1) is 14.8. The van der Waals surface area contributed by atoms with Crippen LogP contribution in [0.1, 0.15) is 59.4 Å². The SMILES string of the molecule is [C-]#[N+]c1cc(-c2cc(C)c(-c3c(C)cc(C4CCCC4)cc3C)c[n+]2C)c(C)cc1F. The molecule has 2 aromatic carbocycles. The molecule has 0 saturated heterocycles. The Morgan fingerprint density at radius 1 is 0.871 bits per heavy atom. The molecule has 158 valence electrons. The Bertz CT molecular complexity index is 1190. The van der Waals surface area contributed by atoms with Gasteiger partial charge in [0.25, 0.3) is 0 Å². The lowest BCUT2D eigenvalue weighted by Gasteiger charge is -2.18. The van der Waals surface area contributed by atoms with Crippen molar-refractivity contribution in [1.29, 1.82) is 0 Å². The molecule has 3 aromatic rings. The number of aromatic nitrogens is 1. The zero-order chi connectivity index (χ0) is 22.3. The highest BCUT2D eigenvalue weighted by molar-refractivity contribution is 5.75. The van der Waals surface area contributed by atoms with Crippen molar-refractivity contribution in [1.82, 2.24) is 0 Å². The van der Waals surface area contributed by atoms with Crippen LogP contribution in [0.25, 0.3) is 27.2 Å². The summed E-state index contributed by atoms with van der Waals surface area (Å²) in [5, 5.41) is 0. The van der Waals surface area contributed by atoms with Gasteiger partial charge < -0.3 is 0 Å². The van der Waals surface area contributed by atoms with Crippen molar-refractivity contribution in [3.63, 3.8) is 0 Å². The van der Waals surface area contributed by atoms with E-state index in [1.165, 1.54) is 65.1 Å². The van der Waals surface area contributed by atoms with E-state index in [-0.39, 0.29) is 5.69 Å². The molecule has 0 amide bonds. The zero-order valence-corrected chi connectivity index (χ0v) is 19.1. The van der Waals surface area contributed by atoms with Crippen LogP contribution in [0.15, 0.2) is 36.5 Å². The molecule has 0 spiro atoms. The first kappa shape index (κ1) is 21.2. The van der Waals surface area contributed by atoms with Crippen LogP contribution in [0.2, 0.25) is 0 Å². The molecule has 1 aromatic heterocycles. The van der Waals surface area contributed by atoms with E-state index in [1.54, 1.807) is 6.07 Å². The third-order valence-electron chi connectivity index (χ3n) is 6.82. The van der Waals surface area contributed by atoms with E-state index in [2.05, 4.69) is 54.6 Å². The fraction of sp³-hybridized carbons (Fsp3) is 0.357. The summed E-state index contributed by atoms with van der Waals surface area (Å²) in [5.41, 5.74) is 10.6. The molecule has 1 aliphatic rings. The topological polar surface area (TPSA) is 8.24 Å². The third kappa shape index (κ3) is 3.88. The smallest absolute Gasteiger partial charge is 0.222 e. The average molecular weight is 414 g/mol. The summed E-state index contributed by atoms with van der Waals surface area (Å²) >= 11 is 0. The minimum atomic E-state index is -0.458. The molecule has 1 fully saturated rings. The molecule has 0 unspecified atom stereocenters. The maximum atomic E-state index is 14.0. The van der Waals surface area contributed by atoms with Crippen LogP contribution in [-0.2, 0) is 7.05 Å². The molecule has 2 nitrogen and oxygen atoms in total. The van der Waals surface area contributed by atoms with E-state index in [0.29, 0.717) is 5.92 Å². The lowest BCUT2D eigenvalue weighted by molar-refractivity contribution is -0.660. The van der Waals surface area contributed by atoms with Gasteiger partial charge in [-0.05, 0) is 92.0 Å². The van der Waals surface area contributed by atoms with Crippen molar-refractivity contribution in [3.05, 3.63) is 81.6 Å². The lowest BCUT2D eigenvalue weighted by atomic mass is 9.87. The molecule has 0 aliphatic heterocycles. The number of hydrogen-bond acceptors (Lipinski definition) is 0. The standard InChI is InChI=1S/C28H30FN2/c1-17-13-25(29)26(30-5)15-23(17)27-14-18(2)24(16-31(27)6)28-19(3)11-22(12-20(28)4)21-9-7-8-10-21/h11-16,21H,7-10H2,1-4,6H3/q+1. The Hall–Kier alpha value is -2.99. The largest absolute Gasteiger partial charge is 0.235 e. The number of benzene rings is 2. The molecule has 1 saturated carbocycles. The van der Waals surface area contributed by atoms with Gasteiger partial charge >= 0.3 is 0 Å². The van der Waals surface area contributed by atoms with Gasteiger partial charge in [-0.1, -0.05) is 25.0 Å². The Kier molecular flexibility index (Phi) is 5.67. The summed E-state index contributed by atoms with van der Waals surface area (Å²) in [5.74, 6) is 0.255. The summed E-state index contributed by atoms with van der Waals surface area (Å²) in [6, 6.07) is 10.1. The van der Waals surface area contributed by atoms with E-state index in [9.17, 15) is 4.39 Å². The van der Waals surface area contributed by atoms with Gasteiger partial charge in [0.2, 0.25) is 11.4 Å². The van der Waals surface area contributed by atoms with Crippen LogP contribution < -0.4 is 4.57 Å². The quantitative estimate of drug-likeness (QED) is 0.312. The highest BCUT2D eigenvalue weighted by Crippen LogP contribution is 2.39. The maximum Gasteiger partial charge on any atom is 0.222 e. The van der Waals surface area contributed by atoms with Gasteiger partial charge in [0, 0.05) is 17.2 Å². The Morgan fingerprint density at radius 2 is 1.48 bits per heavy atom. The van der Waals surface area contributed by atoms with Gasteiger partial charge in [0.05, 0.1) is 6.57 Å². The summed E-state index contributed by atoms with van der Waals surface area (Å²) < 4.78 is 16.1. The number of hydrogen-bond donors (Lipinski definition) is 0. The molecule has 31 heavy (non-hydrogen) atoms. The number of nitrogens with zero attached hydrogens (tertiary/aromatic N) is 2. The molecule has 1 heterocycles. The highest BCUT2D eigenvalue weighted by Gasteiger charge is 2.22. The van der Waals surface area contributed by atoms with Crippen LogP contribution in [0.4, 0.5) is 10.1 Å². The Labute approximate surface area is 185 Å². The second-order valence-corrected chi connectivity index (χ2v) is 9.11. The number of pyridine rings is 1. The first-order valence-electron chi connectivity index (χ1n) is 11.1. The molecule has 0 atom stereocenters. The highest BCUT2D eigenvalue weighted by atomic mass is 19.1. The van der Waals surface area contributed by atoms with E-state index in [1.807, 2.05) is 14.0 Å². The Balaban J connectivity index is 1.81. The van der Waals surface area contributed by atoms with E-state index in [4.69, 9.17) is 6.57 Å². The van der Waals surface area contributed by atoms with Gasteiger partial charge in [0.15, 0.2) is 6.20 Å². The van der Waals surface area contributed by atoms with Crippen molar-refractivity contribution < 1.29 is 8.96 Å². The van der Waals surface area contributed by atoms with Crippen molar-refractivity contribution >= 4 is 5.69 Å². The molecular weight excluding hydrogens is 383 g/mol. The van der Waals surface area contributed by atoms with Crippen LogP contribution in [0.5, 0.6) is 0 Å². The van der Waals surface area contributed by atoms with Gasteiger partial charge in [-0.25, -0.2) is 13.8 Å². The maximum absolute atomic E-state index is 14.0. The number of rotatable bonds is 3. The second kappa shape index (κ2) is 8.27. The van der Waals surface area contributed by atoms with E-state index >= 15 is 0 Å². The van der Waals surface area contributed by atoms with Crippen LogP contribution in [0.3, 0.4) is 0 Å². The lowest BCUT2D eigenvalue weighted by Crippen LogP contribution is -2.31. The summed E-state index contributed by atoms with van der Waals surface area (Å²) in [6.07, 6.45) is 7.49. The predicted octanol–water partition coefficient (Wildman–Crippen LogP) is 7.43. The van der Waals surface area contributed by atoms with Gasteiger partial charge in [0.1, 0.15) is 12.9 Å². The van der Waals surface area contributed by atoms with Crippen LogP contribution >= 0.6 is 0 Å². The van der Waals surface area contributed by atoms with Gasteiger partial charge in [-0.3, -0.25) is 0 Å². The second-order valence-electron chi connectivity index (χ2n) is 9.11. The van der Waals surface area contributed by atoms with Crippen molar-refractivity contribution in [2.45, 2.75) is 59.3 Å². The van der Waals surface area contributed by atoms with Crippen molar-refractivity contribution in [3.8, 4) is 22.4 Å². The predicted molar refractivity (Wildman–Crippen MR) is 125 cm³/mol. The van der Waals surface area contributed by atoms with Gasteiger partial charge in [-0.15, -0.1) is 0 Å². The van der Waals surface area contributed by atoms with Crippen molar-refractivity contribution in [2.75, 3.05) is 0 Å². The molecule has 0 radical (unpaired) electrons.